The van der Waals surface area contributed by atoms with Crippen molar-refractivity contribution in [3.05, 3.63) is 75.7 Å². The fourth-order valence-corrected chi connectivity index (χ4v) is 4.56. The maximum atomic E-state index is 13.4. The molecule has 0 fully saturated rings. The fourth-order valence-electron chi connectivity index (χ4n) is 4.56. The number of nitrogens with zero attached hydrogens (tertiary/aromatic N) is 3. The highest BCUT2D eigenvalue weighted by Gasteiger charge is 2.35. The Hall–Kier alpha value is -3.67. The lowest BCUT2D eigenvalue weighted by molar-refractivity contribution is 0.0893. The van der Waals surface area contributed by atoms with Crippen LogP contribution in [0.25, 0.3) is 21.8 Å². The minimum absolute atomic E-state index is 0.0852. The Morgan fingerprint density at radius 2 is 1.30 bits per heavy atom. The lowest BCUT2D eigenvalue weighted by atomic mass is 9.93. The molecule has 4 aromatic rings. The molecule has 1 aromatic heterocycles. The highest BCUT2D eigenvalue weighted by atomic mass is 16.2. The summed E-state index contributed by atoms with van der Waals surface area (Å²) in [5.74, 6) is -0.681. The maximum Gasteiger partial charge on any atom is 0.329 e. The van der Waals surface area contributed by atoms with E-state index in [-0.39, 0.29) is 17.5 Å². The predicted octanol–water partition coefficient (Wildman–Crippen LogP) is 4.11. The van der Waals surface area contributed by atoms with Crippen molar-refractivity contribution in [2.45, 2.75) is 33.9 Å². The molecule has 6 nitrogen and oxygen atoms in total. The van der Waals surface area contributed by atoms with Gasteiger partial charge in [0, 0.05) is 29.6 Å². The number of imide groups is 1. The first-order valence-corrected chi connectivity index (χ1v) is 10.1. The number of anilines is 1. The summed E-state index contributed by atoms with van der Waals surface area (Å²) in [7, 11) is 0. The number of benzene rings is 3. The third-order valence-corrected chi connectivity index (χ3v) is 5.98. The Bertz CT molecular complexity index is 1390. The largest absolute Gasteiger partial charge is 0.329 e. The second-order valence-corrected chi connectivity index (χ2v) is 7.55. The lowest BCUT2D eigenvalue weighted by Gasteiger charge is -2.28. The molecule has 0 bridgehead atoms. The van der Waals surface area contributed by atoms with Crippen LogP contribution in [-0.4, -0.2) is 20.9 Å². The Morgan fingerprint density at radius 3 is 1.83 bits per heavy atom. The molecule has 3 aromatic carbocycles. The van der Waals surface area contributed by atoms with Gasteiger partial charge in [-0.15, -0.1) is 0 Å². The molecule has 2 heterocycles. The molecule has 0 atom stereocenters. The zero-order valence-corrected chi connectivity index (χ0v) is 17.1. The van der Waals surface area contributed by atoms with Crippen LogP contribution in [0.1, 0.15) is 40.1 Å². The molecule has 30 heavy (non-hydrogen) atoms. The average Bonchev–Trinajstić information content (AvgIpc) is 3.01. The summed E-state index contributed by atoms with van der Waals surface area (Å²) < 4.78 is 3.39. The highest BCUT2D eigenvalue weighted by Crippen LogP contribution is 2.35. The van der Waals surface area contributed by atoms with Gasteiger partial charge in [-0.25, -0.2) is 9.69 Å². The third kappa shape index (κ3) is 2.27. The van der Waals surface area contributed by atoms with Crippen LogP contribution in [0, 0.1) is 6.92 Å². The van der Waals surface area contributed by atoms with Gasteiger partial charge in [0.1, 0.15) is 0 Å². The van der Waals surface area contributed by atoms with Crippen LogP contribution in [0.3, 0.4) is 0 Å². The van der Waals surface area contributed by atoms with Crippen LogP contribution >= 0.6 is 0 Å². The molecule has 1 aliphatic heterocycles. The second-order valence-electron chi connectivity index (χ2n) is 7.55. The van der Waals surface area contributed by atoms with Gasteiger partial charge in [0.05, 0.1) is 16.7 Å². The molecule has 0 unspecified atom stereocenters. The van der Waals surface area contributed by atoms with Crippen molar-refractivity contribution in [3.63, 3.8) is 0 Å². The normalized spacial score (nSPS) is 13.6. The van der Waals surface area contributed by atoms with Gasteiger partial charge in [-0.05, 0) is 56.0 Å². The number of aryl methyl sites for hydroxylation is 3. The van der Waals surface area contributed by atoms with Gasteiger partial charge in [-0.3, -0.25) is 18.7 Å². The molecule has 0 aliphatic carbocycles. The molecule has 5 rings (SSSR count). The van der Waals surface area contributed by atoms with Crippen molar-refractivity contribution in [2.75, 3.05) is 4.90 Å². The summed E-state index contributed by atoms with van der Waals surface area (Å²) in [6, 6.07) is 14.7. The van der Waals surface area contributed by atoms with E-state index in [9.17, 15) is 14.4 Å². The van der Waals surface area contributed by atoms with E-state index in [0.717, 1.165) is 22.0 Å². The van der Waals surface area contributed by atoms with Crippen LogP contribution in [-0.2, 0) is 13.1 Å². The summed E-state index contributed by atoms with van der Waals surface area (Å²) in [4.78, 5) is 40.8. The average molecular weight is 399 g/mol. The number of rotatable bonds is 3. The molecule has 0 saturated heterocycles. The first kappa shape index (κ1) is 18.4. The van der Waals surface area contributed by atoms with Crippen molar-refractivity contribution < 1.29 is 9.59 Å². The first-order chi connectivity index (χ1) is 14.5. The molecular weight excluding hydrogens is 378 g/mol. The van der Waals surface area contributed by atoms with E-state index in [2.05, 4.69) is 0 Å². The van der Waals surface area contributed by atoms with E-state index < -0.39 is 0 Å². The lowest BCUT2D eigenvalue weighted by Crippen LogP contribution is -2.40. The second kappa shape index (κ2) is 6.42. The van der Waals surface area contributed by atoms with Crippen molar-refractivity contribution >= 4 is 39.3 Å². The Morgan fingerprint density at radius 1 is 0.767 bits per heavy atom. The molecule has 0 radical (unpaired) electrons. The summed E-state index contributed by atoms with van der Waals surface area (Å²) >= 11 is 0. The van der Waals surface area contributed by atoms with E-state index in [1.54, 1.807) is 27.3 Å². The van der Waals surface area contributed by atoms with E-state index in [1.165, 1.54) is 4.90 Å². The quantitative estimate of drug-likeness (QED) is 0.487. The first-order valence-electron chi connectivity index (χ1n) is 10.1. The zero-order valence-electron chi connectivity index (χ0n) is 17.1. The number of hydrogen-bond donors (Lipinski definition) is 0. The van der Waals surface area contributed by atoms with E-state index in [0.29, 0.717) is 35.3 Å². The van der Waals surface area contributed by atoms with Crippen LogP contribution < -0.4 is 10.6 Å². The van der Waals surface area contributed by atoms with Crippen LogP contribution in [0.15, 0.2) is 53.3 Å². The summed E-state index contributed by atoms with van der Waals surface area (Å²) in [6.45, 7) is 6.77. The molecule has 1 aliphatic rings. The van der Waals surface area contributed by atoms with Crippen molar-refractivity contribution in [1.29, 1.82) is 0 Å². The molecule has 0 N–H and O–H groups in total. The van der Waals surface area contributed by atoms with Crippen LogP contribution in [0.2, 0.25) is 0 Å². The van der Waals surface area contributed by atoms with Crippen LogP contribution in [0.5, 0.6) is 0 Å². The number of carbonyl (C=O) groups is 2. The summed E-state index contributed by atoms with van der Waals surface area (Å²) in [5, 5.41) is 1.57. The van der Waals surface area contributed by atoms with Crippen molar-refractivity contribution in [3.8, 4) is 0 Å². The smallest absolute Gasteiger partial charge is 0.292 e. The van der Waals surface area contributed by atoms with E-state index in [4.69, 9.17) is 0 Å². The number of hydrogen-bond acceptors (Lipinski definition) is 3. The molecule has 2 amide bonds. The van der Waals surface area contributed by atoms with Gasteiger partial charge in [-0.2, -0.15) is 0 Å². The maximum absolute atomic E-state index is 13.4. The zero-order chi connectivity index (χ0) is 21.2. The number of amides is 2. The van der Waals surface area contributed by atoms with Gasteiger partial charge in [0.25, 0.3) is 11.8 Å². The third-order valence-electron chi connectivity index (χ3n) is 5.98. The van der Waals surface area contributed by atoms with Crippen molar-refractivity contribution in [1.82, 2.24) is 9.13 Å². The monoisotopic (exact) mass is 399 g/mol. The van der Waals surface area contributed by atoms with Crippen molar-refractivity contribution in [2.24, 2.45) is 0 Å². The van der Waals surface area contributed by atoms with Gasteiger partial charge >= 0.3 is 5.69 Å². The van der Waals surface area contributed by atoms with E-state index in [1.807, 2.05) is 51.1 Å². The van der Waals surface area contributed by atoms with Gasteiger partial charge in [-0.1, -0.05) is 24.3 Å². The van der Waals surface area contributed by atoms with Gasteiger partial charge < -0.3 is 0 Å². The molecular formula is C24H21N3O3. The van der Waals surface area contributed by atoms with E-state index >= 15 is 0 Å². The minimum Gasteiger partial charge on any atom is -0.292 e. The SMILES string of the molecule is CCn1c(=O)n(CC)c2cc(N3C(=O)c4cccc5cccc(c45)C3=O)c(C)cc21. The topological polar surface area (TPSA) is 64.3 Å². The minimum atomic E-state index is -0.341. The Labute approximate surface area is 172 Å². The number of imidazole rings is 1. The number of fused-ring (bicyclic) bond motifs is 1. The Balaban J connectivity index is 1.79. The predicted molar refractivity (Wildman–Crippen MR) is 117 cm³/mol. The number of carbonyl (C=O) groups excluding carboxylic acids is 2. The molecule has 0 spiro atoms. The summed E-state index contributed by atoms with van der Waals surface area (Å²) in [6.07, 6.45) is 0. The molecule has 6 heteroatoms. The highest BCUT2D eigenvalue weighted by molar-refractivity contribution is 6.36. The Kier molecular flexibility index (Phi) is 3.93. The standard InChI is InChI=1S/C24H21N3O3/c1-4-25-19-12-14(3)18(13-20(19)26(5-2)24(25)30)27-22(28)16-10-6-8-15-9-7-11-17(21(15)16)23(27)29/h6-13H,4-5H2,1-3H3. The summed E-state index contributed by atoms with van der Waals surface area (Å²) in [5.41, 5.74) is 3.76. The van der Waals surface area contributed by atoms with Crippen LogP contribution in [0.4, 0.5) is 5.69 Å². The number of aromatic nitrogens is 2. The molecule has 0 saturated carbocycles. The fraction of sp³-hybridized carbons (Fsp3) is 0.208. The van der Waals surface area contributed by atoms with Gasteiger partial charge in [0.15, 0.2) is 0 Å². The van der Waals surface area contributed by atoms with Gasteiger partial charge in [0.2, 0.25) is 0 Å². The molecule has 150 valence electrons.